The molecule has 15 heteroatoms. The van der Waals surface area contributed by atoms with Crippen molar-refractivity contribution in [3.05, 3.63) is 67.3 Å². The van der Waals surface area contributed by atoms with Crippen molar-refractivity contribution in [2.24, 2.45) is 28.3 Å². The van der Waals surface area contributed by atoms with Crippen LogP contribution in [0, 0.1) is 23.2 Å². The normalized spacial score (nSPS) is 21.0. The number of allylic oxidation sites excluding steroid dienone is 1. The number of aromatic nitrogens is 1. The molecule has 3 saturated carbocycles. The smallest absolute Gasteiger partial charge is 0.408 e. The van der Waals surface area contributed by atoms with Gasteiger partial charge in [-0.2, -0.15) is 0 Å². The molecule has 5 N–H and O–H groups in total. The van der Waals surface area contributed by atoms with Crippen LogP contribution in [-0.4, -0.2) is 97.7 Å². The van der Waals surface area contributed by atoms with Crippen molar-refractivity contribution in [3.63, 3.8) is 0 Å². The second-order valence-electron chi connectivity index (χ2n) is 18.9. The number of carbonyl (C=O) groups excluding carboxylic acids is 3. The van der Waals surface area contributed by atoms with Gasteiger partial charge in [0.1, 0.15) is 41.3 Å². The number of aliphatic hydroxyl groups excluding tert-OH is 1. The van der Waals surface area contributed by atoms with E-state index in [1.54, 1.807) is 34.8 Å². The lowest BCUT2D eigenvalue weighted by molar-refractivity contribution is -0.143. The summed E-state index contributed by atoms with van der Waals surface area (Å²) in [4.78, 5) is 42.9. The third-order valence-electron chi connectivity index (χ3n) is 11.1. The number of carbonyl (C=O) groups is 3. The van der Waals surface area contributed by atoms with E-state index in [1.165, 1.54) is 17.7 Å². The second kappa shape index (κ2) is 23.1. The van der Waals surface area contributed by atoms with E-state index < -0.39 is 56.2 Å². The number of ether oxygens (including phenoxy) is 3. The van der Waals surface area contributed by atoms with Gasteiger partial charge in [0.25, 0.3) is 0 Å². The number of likely N-dealkylation sites (tertiary alicyclic amines) is 1. The summed E-state index contributed by atoms with van der Waals surface area (Å²) in [5.41, 5.74) is 1.03. The number of hydrogen-bond donors (Lipinski definition) is 4. The van der Waals surface area contributed by atoms with E-state index in [0.29, 0.717) is 40.6 Å². The van der Waals surface area contributed by atoms with Crippen LogP contribution in [0.25, 0.3) is 22.2 Å². The number of nitrogens with one attached hydrogen (secondary N) is 2. The highest BCUT2D eigenvalue weighted by Crippen LogP contribution is 2.52. The molecule has 4 aliphatic rings. The molecule has 1 aromatic heterocycles. The Balaban J connectivity index is 0.000000365. The number of nitrogens with two attached hydrogens (primary N) is 1. The van der Waals surface area contributed by atoms with Gasteiger partial charge in [-0.3, -0.25) is 9.59 Å². The van der Waals surface area contributed by atoms with Crippen molar-refractivity contribution < 1.29 is 42.1 Å². The molecule has 7 rings (SSSR count). The maximum absolute atomic E-state index is 13.6. The van der Waals surface area contributed by atoms with Gasteiger partial charge in [-0.15, -0.1) is 6.58 Å². The number of benzene rings is 2. The number of aliphatic hydroxyl groups is 1. The Hall–Kier alpha value is -4.57. The third-order valence-corrected chi connectivity index (χ3v) is 12.8. The zero-order valence-corrected chi connectivity index (χ0v) is 41.0. The Morgan fingerprint density at radius 1 is 1.02 bits per heavy atom. The molecule has 3 aliphatic carbocycles. The minimum Gasteiger partial charge on any atom is -0.497 e. The average molecular weight is 910 g/mol. The summed E-state index contributed by atoms with van der Waals surface area (Å²) < 4.78 is 38.9. The van der Waals surface area contributed by atoms with Crippen molar-refractivity contribution >= 4 is 38.7 Å². The van der Waals surface area contributed by atoms with E-state index in [4.69, 9.17) is 24.3 Å². The fraction of sp³-hybridized carbons (Fsp3) is 0.592. The van der Waals surface area contributed by atoms with E-state index in [2.05, 4.69) is 17.2 Å². The lowest BCUT2D eigenvalue weighted by Crippen LogP contribution is -2.56. The van der Waals surface area contributed by atoms with Gasteiger partial charge in [-0.1, -0.05) is 83.9 Å². The number of hydrogen-bond acceptors (Lipinski definition) is 11. The molecule has 14 nitrogen and oxygen atoms in total. The van der Waals surface area contributed by atoms with Crippen molar-refractivity contribution in [2.75, 3.05) is 27.7 Å². The molecule has 1 aliphatic heterocycles. The molecule has 356 valence electrons. The van der Waals surface area contributed by atoms with Crippen LogP contribution >= 0.6 is 0 Å². The van der Waals surface area contributed by atoms with Gasteiger partial charge in [0.05, 0.1) is 29.6 Å². The SMILES string of the molecule is C=CC1C[C@@H]1C(C)=O.CC.CNC.COc1ccc2c(OC3C[C@@H](O)N(C(=O)[C@@H](NC(=O)OC(C)(C)C)C(C)(C)C)C3)cc(-c3ccccc3)nc2c1.NS(=O)(=O)C1(CC2CC2)CC1. The van der Waals surface area contributed by atoms with Crippen molar-refractivity contribution in [3.8, 4) is 22.8 Å². The van der Waals surface area contributed by atoms with Crippen molar-refractivity contribution in [1.82, 2.24) is 20.5 Å². The molecule has 5 atom stereocenters. The summed E-state index contributed by atoms with van der Waals surface area (Å²) in [7, 11) is 2.11. The average Bonchev–Trinajstić information content (AvgIpc) is 4.13. The topological polar surface area (TPSA) is 199 Å². The summed E-state index contributed by atoms with van der Waals surface area (Å²) in [6, 6.07) is 16.3. The van der Waals surface area contributed by atoms with Crippen LogP contribution in [0.3, 0.4) is 0 Å². The highest BCUT2D eigenvalue weighted by atomic mass is 32.2. The predicted octanol–water partition coefficient (Wildman–Crippen LogP) is 8.01. The van der Waals surface area contributed by atoms with Crippen LogP contribution < -0.4 is 25.2 Å². The van der Waals surface area contributed by atoms with Gasteiger partial charge >= 0.3 is 6.09 Å². The van der Waals surface area contributed by atoms with Gasteiger partial charge in [-0.25, -0.2) is 23.3 Å². The summed E-state index contributed by atoms with van der Waals surface area (Å²) in [6.45, 7) is 20.2. The van der Waals surface area contributed by atoms with Gasteiger partial charge in [-0.05, 0) is 96.9 Å². The largest absolute Gasteiger partial charge is 0.497 e. The molecule has 1 saturated heterocycles. The minimum atomic E-state index is -3.25. The lowest BCUT2D eigenvalue weighted by atomic mass is 9.86. The number of alkyl carbamates (subject to hydrolysis) is 1. The maximum atomic E-state index is 13.6. The maximum Gasteiger partial charge on any atom is 0.408 e. The number of sulfonamides is 1. The minimum absolute atomic E-state index is 0.156. The Bertz CT molecular complexity index is 2130. The third kappa shape index (κ3) is 15.8. The first kappa shape index (κ1) is 53.8. The van der Waals surface area contributed by atoms with E-state index in [-0.39, 0.29) is 13.0 Å². The molecule has 64 heavy (non-hydrogen) atoms. The van der Waals surface area contributed by atoms with Gasteiger partial charge in [0.2, 0.25) is 15.9 Å². The number of Topliss-reactive ketones (excluding diaryl/α,β-unsaturated/α-hetero) is 1. The van der Waals surface area contributed by atoms with Crippen LogP contribution in [0.4, 0.5) is 4.79 Å². The highest BCUT2D eigenvalue weighted by Gasteiger charge is 2.55. The lowest BCUT2D eigenvalue weighted by Gasteiger charge is -2.34. The second-order valence-corrected chi connectivity index (χ2v) is 20.8. The van der Waals surface area contributed by atoms with Gasteiger partial charge < -0.3 is 34.9 Å². The van der Waals surface area contributed by atoms with Crippen LogP contribution in [0.1, 0.15) is 107 Å². The van der Waals surface area contributed by atoms with E-state index in [0.717, 1.165) is 42.3 Å². The molecule has 0 bridgehead atoms. The Labute approximate surface area is 382 Å². The van der Waals surface area contributed by atoms with Crippen molar-refractivity contribution in [2.45, 2.75) is 136 Å². The van der Waals surface area contributed by atoms with E-state index in [1.807, 2.05) is 109 Å². The highest BCUT2D eigenvalue weighted by molar-refractivity contribution is 7.90. The monoisotopic (exact) mass is 910 g/mol. The first-order chi connectivity index (χ1) is 29.9. The summed E-state index contributed by atoms with van der Waals surface area (Å²) >= 11 is 0. The number of fused-ring (bicyclic) bond motifs is 1. The van der Waals surface area contributed by atoms with Gasteiger partial charge in [0, 0.05) is 35.4 Å². The quantitative estimate of drug-likeness (QED) is 0.136. The first-order valence-corrected chi connectivity index (χ1v) is 23.9. The number of nitrogens with zero attached hydrogens (tertiary/aromatic N) is 2. The summed E-state index contributed by atoms with van der Waals surface area (Å²) in [5, 5.41) is 22.3. The molecular formula is C49H75N5O9S. The van der Waals surface area contributed by atoms with Crippen molar-refractivity contribution in [1.29, 1.82) is 0 Å². The molecular weight excluding hydrogens is 835 g/mol. The molecule has 2 heterocycles. The van der Waals surface area contributed by atoms with Crippen LogP contribution in [-0.2, 0) is 24.3 Å². The zero-order chi connectivity index (χ0) is 48.2. The zero-order valence-electron chi connectivity index (χ0n) is 40.2. The molecule has 0 radical (unpaired) electrons. The number of pyridine rings is 1. The molecule has 3 aromatic rings. The Morgan fingerprint density at radius 2 is 1.62 bits per heavy atom. The van der Waals surface area contributed by atoms with E-state index in [9.17, 15) is 27.9 Å². The number of amides is 2. The molecule has 2 aromatic carbocycles. The molecule has 2 unspecified atom stereocenters. The van der Waals surface area contributed by atoms with Crippen LogP contribution in [0.5, 0.6) is 11.5 Å². The summed E-state index contributed by atoms with van der Waals surface area (Å²) in [6.07, 6.45) is 5.72. The number of ketones is 1. The van der Waals surface area contributed by atoms with Gasteiger partial charge in [0.15, 0.2) is 0 Å². The Morgan fingerprint density at radius 3 is 2.08 bits per heavy atom. The van der Waals surface area contributed by atoms with Crippen LogP contribution in [0.15, 0.2) is 67.3 Å². The number of rotatable bonds is 11. The number of methoxy groups -OCH3 is 1. The standard InChI is InChI=1S/C31H39N3O6.C7H13NO2S.C7H10O.C2H7N.C2H6/c1-30(2,3)27(33-29(37)40-31(4,5)6)28(36)34-18-21(16-26(34)35)39-25-17-23(19-11-9-8-10-12-19)32-24-15-20(38-7)13-14-22(24)25;8-11(9,10)7(3-4-7)5-6-1-2-6;1-3-6-4-7(6)5(2)8;1-3-2;1-2/h8-15,17,21,26-27,35H,16,18H2,1-7H3,(H,33,37);6H,1-5H2,(H2,8,9,10);3,6-7H,1,4H2,2H3;3H,1-2H3;1-2H3/t21?,26-,27-;;6?,7-;;/m1.1../s1. The fourth-order valence-corrected chi connectivity index (χ4v) is 8.35. The fourth-order valence-electron chi connectivity index (χ4n) is 7.21. The Kier molecular flexibility index (Phi) is 19.4. The van der Waals surface area contributed by atoms with E-state index >= 15 is 0 Å². The van der Waals surface area contributed by atoms with Crippen LogP contribution in [0.2, 0.25) is 0 Å². The number of primary sulfonamides is 1. The molecule has 2 amide bonds. The first-order valence-electron chi connectivity index (χ1n) is 22.4. The summed E-state index contributed by atoms with van der Waals surface area (Å²) in [5.74, 6) is 2.68. The molecule has 0 spiro atoms. The molecule has 4 fully saturated rings. The predicted molar refractivity (Wildman–Crippen MR) is 254 cm³/mol.